The molecule has 1 atom stereocenters. The minimum atomic E-state index is -4.50. The van der Waals surface area contributed by atoms with Crippen LogP contribution in [0.25, 0.3) is 0 Å². The molecule has 1 unspecified atom stereocenters. The number of carbonyl (C=O) groups excluding carboxylic acids is 3. The molecule has 0 saturated carbocycles. The molecule has 0 spiro atoms. The van der Waals surface area contributed by atoms with Gasteiger partial charge in [-0.25, -0.2) is 4.79 Å². The lowest BCUT2D eigenvalue weighted by Gasteiger charge is -2.27. The zero-order chi connectivity index (χ0) is 21.3. The Balaban J connectivity index is 1.76. The lowest BCUT2D eigenvalue weighted by atomic mass is 9.99. The number of aliphatic imine (C=N–C) groups is 1. The number of rotatable bonds is 4. The molecular formula is C18H16F3N4O4+. The van der Waals surface area contributed by atoms with E-state index in [2.05, 4.69) is 10.3 Å². The third kappa shape index (κ3) is 3.89. The Labute approximate surface area is 163 Å². The van der Waals surface area contributed by atoms with Crippen molar-refractivity contribution in [1.29, 1.82) is 0 Å². The van der Waals surface area contributed by atoms with Crippen LogP contribution in [0.5, 0.6) is 0 Å². The summed E-state index contributed by atoms with van der Waals surface area (Å²) in [5.41, 5.74) is -0.765. The smallest absolute Gasteiger partial charge is 0.446 e. The van der Waals surface area contributed by atoms with Crippen LogP contribution in [0, 0.1) is 5.92 Å². The van der Waals surface area contributed by atoms with Gasteiger partial charge in [-0.05, 0) is 24.3 Å². The second-order valence-corrected chi connectivity index (χ2v) is 6.23. The standard InChI is InChI=1S/C18H15F3N4O4/c1-24-15-14(12(29-2)7-8-22-15)16(27)25(17(24)28)9-13(26)23-11-5-3-10(4-6-11)18(19,20)21/h3-8,14H,9H2,1-2H3/p+1. The number of hydrogen-bond acceptors (Lipinski definition) is 5. The van der Waals surface area contributed by atoms with Crippen LogP contribution in [-0.2, 0) is 20.5 Å². The van der Waals surface area contributed by atoms with E-state index in [0.29, 0.717) is 0 Å². The Morgan fingerprint density at radius 2 is 1.93 bits per heavy atom. The second kappa shape index (κ2) is 7.49. The molecule has 3 rings (SSSR count). The van der Waals surface area contributed by atoms with Crippen molar-refractivity contribution in [2.45, 2.75) is 6.18 Å². The summed E-state index contributed by atoms with van der Waals surface area (Å²) in [5.74, 6) is -1.95. The summed E-state index contributed by atoms with van der Waals surface area (Å²) in [5, 5.41) is 2.37. The number of fused-ring (bicyclic) bond motifs is 1. The molecule has 1 aromatic carbocycles. The van der Waals surface area contributed by atoms with Gasteiger partial charge >= 0.3 is 18.1 Å². The minimum absolute atomic E-state index is 0.0975. The van der Waals surface area contributed by atoms with Gasteiger partial charge in [-0.3, -0.25) is 9.59 Å². The van der Waals surface area contributed by atoms with E-state index in [0.717, 1.165) is 33.7 Å². The number of ether oxygens (including phenoxy) is 1. The number of nitrogens with one attached hydrogen (secondary N) is 1. The summed E-state index contributed by atoms with van der Waals surface area (Å²) < 4.78 is 44.1. The van der Waals surface area contributed by atoms with Gasteiger partial charge in [0.15, 0.2) is 12.5 Å². The van der Waals surface area contributed by atoms with Crippen LogP contribution in [0.2, 0.25) is 0 Å². The number of carbonyl (C=O) groups is 3. The van der Waals surface area contributed by atoms with Gasteiger partial charge in [0.05, 0.1) is 19.7 Å². The highest BCUT2D eigenvalue weighted by molar-refractivity contribution is 6.16. The van der Waals surface area contributed by atoms with Crippen LogP contribution in [0.3, 0.4) is 0 Å². The Bertz CT molecular complexity index is 964. The fourth-order valence-electron chi connectivity index (χ4n) is 2.94. The number of allylic oxidation sites excluding steroid dienone is 1. The average Bonchev–Trinajstić information content (AvgIpc) is 2.68. The number of amidine groups is 1. The van der Waals surface area contributed by atoms with Crippen molar-refractivity contribution in [3.05, 3.63) is 41.7 Å². The van der Waals surface area contributed by atoms with Gasteiger partial charge in [-0.15, -0.1) is 4.99 Å². The SMILES string of the molecule is COC1=CC=NC2=[N+](C)C(=O)N(CC(=O)Nc3ccc(C(F)(F)F)cc3)C(=O)C12. The summed E-state index contributed by atoms with van der Waals surface area (Å²) in [7, 11) is 2.78. The maximum absolute atomic E-state index is 12.8. The first-order chi connectivity index (χ1) is 13.6. The lowest BCUT2D eigenvalue weighted by molar-refractivity contribution is -0.408. The molecule has 1 aromatic rings. The first-order valence-corrected chi connectivity index (χ1v) is 8.34. The molecule has 152 valence electrons. The Morgan fingerprint density at radius 3 is 2.52 bits per heavy atom. The molecule has 0 saturated heterocycles. The predicted molar refractivity (Wildman–Crippen MR) is 95.4 cm³/mol. The molecule has 2 heterocycles. The number of imide groups is 1. The molecule has 0 aromatic heterocycles. The number of benzene rings is 1. The quantitative estimate of drug-likeness (QED) is 0.769. The molecule has 0 bridgehead atoms. The zero-order valence-electron chi connectivity index (χ0n) is 15.4. The van der Waals surface area contributed by atoms with Gasteiger partial charge in [0.1, 0.15) is 12.0 Å². The van der Waals surface area contributed by atoms with Gasteiger partial charge in [0.25, 0.3) is 11.7 Å². The normalized spacial score (nSPS) is 19.1. The largest absolute Gasteiger partial charge is 0.499 e. The monoisotopic (exact) mass is 409 g/mol. The maximum Gasteiger partial charge on any atom is 0.446 e. The van der Waals surface area contributed by atoms with Crippen molar-refractivity contribution >= 4 is 35.6 Å². The second-order valence-electron chi connectivity index (χ2n) is 6.23. The fraction of sp³-hybridized carbons (Fsp3) is 0.278. The van der Waals surface area contributed by atoms with Gasteiger partial charge in [0, 0.05) is 11.8 Å². The summed E-state index contributed by atoms with van der Waals surface area (Å²) in [6, 6.07) is 3.05. The van der Waals surface area contributed by atoms with E-state index in [1.165, 1.54) is 26.4 Å². The topological polar surface area (TPSA) is 91.1 Å². The van der Waals surface area contributed by atoms with E-state index >= 15 is 0 Å². The molecule has 2 aliphatic rings. The number of alkyl halides is 3. The third-order valence-electron chi connectivity index (χ3n) is 4.40. The van der Waals surface area contributed by atoms with Crippen molar-refractivity contribution in [3.8, 4) is 0 Å². The molecule has 2 aliphatic heterocycles. The molecule has 0 aliphatic carbocycles. The Morgan fingerprint density at radius 1 is 1.28 bits per heavy atom. The molecule has 0 fully saturated rings. The van der Waals surface area contributed by atoms with Gasteiger partial charge < -0.3 is 10.1 Å². The molecule has 1 N–H and O–H groups in total. The van der Waals surface area contributed by atoms with Crippen molar-refractivity contribution in [2.75, 3.05) is 26.0 Å². The number of urea groups is 1. The Hall–Kier alpha value is -3.50. The number of amides is 4. The highest BCUT2D eigenvalue weighted by atomic mass is 19.4. The van der Waals surface area contributed by atoms with Gasteiger partial charge in [0.2, 0.25) is 0 Å². The van der Waals surface area contributed by atoms with E-state index < -0.39 is 42.0 Å². The van der Waals surface area contributed by atoms with E-state index in [4.69, 9.17) is 4.74 Å². The van der Waals surface area contributed by atoms with Crippen LogP contribution in [0.15, 0.2) is 41.1 Å². The van der Waals surface area contributed by atoms with E-state index in [1.807, 2.05) is 0 Å². The average molecular weight is 409 g/mol. The molecule has 4 amide bonds. The van der Waals surface area contributed by atoms with Gasteiger partial charge in [-0.1, -0.05) is 0 Å². The van der Waals surface area contributed by atoms with E-state index in [9.17, 15) is 27.6 Å². The maximum atomic E-state index is 12.8. The summed E-state index contributed by atoms with van der Waals surface area (Å²) in [4.78, 5) is 42.4. The van der Waals surface area contributed by atoms with Crippen molar-refractivity contribution in [2.24, 2.45) is 10.9 Å². The molecule has 0 radical (unpaired) electrons. The first kappa shape index (κ1) is 20.2. The van der Waals surface area contributed by atoms with Crippen LogP contribution in [-0.4, -0.2) is 60.1 Å². The fourth-order valence-corrected chi connectivity index (χ4v) is 2.94. The summed E-state index contributed by atoms with van der Waals surface area (Å²) in [6.07, 6.45) is -1.62. The molecule has 8 nitrogen and oxygen atoms in total. The predicted octanol–water partition coefficient (Wildman–Crippen LogP) is 1.88. The summed E-state index contributed by atoms with van der Waals surface area (Å²) in [6.45, 7) is -0.618. The molecular weight excluding hydrogens is 393 g/mol. The number of nitrogens with zero attached hydrogens (tertiary/aromatic N) is 3. The highest BCUT2D eigenvalue weighted by Gasteiger charge is 2.50. The Kier molecular flexibility index (Phi) is 5.23. The number of anilines is 1. The van der Waals surface area contributed by atoms with E-state index in [-0.39, 0.29) is 17.3 Å². The highest BCUT2D eigenvalue weighted by Crippen LogP contribution is 2.30. The van der Waals surface area contributed by atoms with Crippen LogP contribution >= 0.6 is 0 Å². The van der Waals surface area contributed by atoms with Crippen LogP contribution in [0.4, 0.5) is 23.7 Å². The van der Waals surface area contributed by atoms with E-state index in [1.54, 1.807) is 0 Å². The minimum Gasteiger partial charge on any atom is -0.499 e. The number of halogens is 3. The van der Waals surface area contributed by atoms with Gasteiger partial charge in [-0.2, -0.15) is 22.6 Å². The number of methoxy groups -OCH3 is 1. The van der Waals surface area contributed by atoms with Crippen molar-refractivity contribution in [3.63, 3.8) is 0 Å². The van der Waals surface area contributed by atoms with Crippen molar-refractivity contribution < 1.29 is 36.9 Å². The summed E-state index contributed by atoms with van der Waals surface area (Å²) >= 11 is 0. The third-order valence-corrected chi connectivity index (χ3v) is 4.40. The first-order valence-electron chi connectivity index (χ1n) is 8.34. The zero-order valence-corrected chi connectivity index (χ0v) is 15.4. The lowest BCUT2D eigenvalue weighted by Crippen LogP contribution is -2.56. The molecule has 11 heteroatoms. The van der Waals surface area contributed by atoms with Crippen LogP contribution < -0.4 is 5.32 Å². The van der Waals surface area contributed by atoms with Crippen LogP contribution in [0.1, 0.15) is 5.56 Å². The molecule has 29 heavy (non-hydrogen) atoms. The number of dihydropyridines is 1. The number of hydrogen-bond donors (Lipinski definition) is 1. The van der Waals surface area contributed by atoms with Crippen molar-refractivity contribution in [1.82, 2.24) is 4.90 Å².